The van der Waals surface area contributed by atoms with Crippen LogP contribution in [0.25, 0.3) is 0 Å². The van der Waals surface area contributed by atoms with Crippen LogP contribution in [0.3, 0.4) is 0 Å². The molecule has 0 unspecified atom stereocenters. The molecule has 2 heterocycles. The molecule has 0 aliphatic heterocycles. The molecule has 0 saturated carbocycles. The first-order valence-electron chi connectivity index (χ1n) is 8.77. The van der Waals surface area contributed by atoms with Gasteiger partial charge in [0.25, 0.3) is 5.91 Å². The molecule has 1 aromatic carbocycles. The summed E-state index contributed by atoms with van der Waals surface area (Å²) in [5.74, 6) is 2.07. The zero-order chi connectivity index (χ0) is 21.5. The van der Waals surface area contributed by atoms with Gasteiger partial charge in [-0.25, -0.2) is 19.3 Å². The van der Waals surface area contributed by atoms with Crippen molar-refractivity contribution in [3.05, 3.63) is 65.5 Å². The smallest absolute Gasteiger partial charge is 0.251 e. The average Bonchev–Trinajstić information content (AvgIpc) is 2.79. The highest BCUT2D eigenvalue weighted by atomic mass is 19.1. The highest BCUT2D eigenvalue weighted by molar-refractivity contribution is 5.94. The zero-order valence-electron chi connectivity index (χ0n) is 16.3. The first-order chi connectivity index (χ1) is 14.5. The van der Waals surface area contributed by atoms with Gasteiger partial charge in [0, 0.05) is 18.2 Å². The number of aromatic nitrogens is 3. The first-order valence-corrected chi connectivity index (χ1v) is 8.77. The van der Waals surface area contributed by atoms with E-state index in [-0.39, 0.29) is 29.4 Å². The number of benzene rings is 1. The molecule has 0 fully saturated rings. The van der Waals surface area contributed by atoms with Crippen molar-refractivity contribution < 1.29 is 18.7 Å². The summed E-state index contributed by atoms with van der Waals surface area (Å²) in [5, 5.41) is 5.46. The lowest BCUT2D eigenvalue weighted by molar-refractivity contribution is 0.0962. The molecule has 30 heavy (non-hydrogen) atoms. The van der Waals surface area contributed by atoms with Crippen molar-refractivity contribution in [1.82, 2.24) is 20.3 Å². The Balaban J connectivity index is 1.68. The second-order valence-electron chi connectivity index (χ2n) is 5.96. The molecule has 1 amide bonds. The molecule has 152 valence electrons. The van der Waals surface area contributed by atoms with Gasteiger partial charge in [-0.15, -0.1) is 6.42 Å². The van der Waals surface area contributed by atoms with Crippen LogP contribution in [0.2, 0.25) is 0 Å². The maximum Gasteiger partial charge on any atom is 0.251 e. The van der Waals surface area contributed by atoms with Crippen LogP contribution in [0, 0.1) is 18.2 Å². The summed E-state index contributed by atoms with van der Waals surface area (Å²) in [6, 6.07) is 6.17. The molecule has 3 rings (SSSR count). The highest BCUT2D eigenvalue weighted by Crippen LogP contribution is 2.24. The van der Waals surface area contributed by atoms with Crippen LogP contribution >= 0.6 is 0 Å². The fourth-order valence-electron chi connectivity index (χ4n) is 2.48. The lowest BCUT2D eigenvalue weighted by Gasteiger charge is -2.12. The molecule has 0 radical (unpaired) electrons. The third kappa shape index (κ3) is 4.80. The normalized spacial score (nSPS) is 10.1. The highest BCUT2D eigenvalue weighted by Gasteiger charge is 2.15. The van der Waals surface area contributed by atoms with Gasteiger partial charge < -0.3 is 20.1 Å². The van der Waals surface area contributed by atoms with E-state index >= 15 is 0 Å². The summed E-state index contributed by atoms with van der Waals surface area (Å²) in [6.45, 7) is -0.138. The molecule has 9 heteroatoms. The molecule has 3 aromatic rings. The van der Waals surface area contributed by atoms with Crippen molar-refractivity contribution in [1.29, 1.82) is 0 Å². The molecule has 0 saturated heterocycles. The molecule has 2 N–H and O–H groups in total. The van der Waals surface area contributed by atoms with E-state index in [2.05, 4.69) is 31.5 Å². The molecule has 8 nitrogen and oxygen atoms in total. The molecule has 2 aromatic heterocycles. The monoisotopic (exact) mass is 407 g/mol. The number of pyridine rings is 1. The first kappa shape index (κ1) is 20.5. The van der Waals surface area contributed by atoms with E-state index in [0.717, 1.165) is 0 Å². The number of ether oxygens (including phenoxy) is 2. The van der Waals surface area contributed by atoms with Crippen molar-refractivity contribution in [2.75, 3.05) is 19.5 Å². The number of amides is 1. The fourth-order valence-corrected chi connectivity index (χ4v) is 2.48. The third-order valence-electron chi connectivity index (χ3n) is 4.01. The van der Waals surface area contributed by atoms with E-state index in [9.17, 15) is 9.18 Å². The lowest BCUT2D eigenvalue weighted by Crippen LogP contribution is -2.18. The maximum absolute atomic E-state index is 14.5. The van der Waals surface area contributed by atoms with E-state index in [1.54, 1.807) is 18.3 Å². The Morgan fingerprint density at radius 1 is 1.20 bits per heavy atom. The molecular formula is C21H18FN5O3. The third-order valence-corrected chi connectivity index (χ3v) is 4.01. The maximum atomic E-state index is 14.5. The van der Waals surface area contributed by atoms with E-state index in [1.807, 2.05) is 0 Å². The Morgan fingerprint density at radius 3 is 2.57 bits per heavy atom. The van der Waals surface area contributed by atoms with Gasteiger partial charge in [0.1, 0.15) is 12.3 Å². The molecular weight excluding hydrogens is 389 g/mol. The molecule has 0 bridgehead atoms. The number of carbonyl (C=O) groups is 1. The quantitative estimate of drug-likeness (QED) is 0.581. The van der Waals surface area contributed by atoms with Crippen LogP contribution in [-0.2, 0) is 6.61 Å². The van der Waals surface area contributed by atoms with E-state index in [4.69, 9.17) is 15.9 Å². The second kappa shape index (κ2) is 9.34. The Hall–Kier alpha value is -4.19. The van der Waals surface area contributed by atoms with Crippen molar-refractivity contribution in [2.45, 2.75) is 6.61 Å². The van der Waals surface area contributed by atoms with Gasteiger partial charge >= 0.3 is 0 Å². The van der Waals surface area contributed by atoms with E-state index < -0.39 is 5.82 Å². The number of terminal acetylenes is 1. The van der Waals surface area contributed by atoms with Gasteiger partial charge in [0.2, 0.25) is 5.95 Å². The van der Waals surface area contributed by atoms with Crippen LogP contribution in [0.1, 0.15) is 21.6 Å². The molecule has 0 spiro atoms. The van der Waals surface area contributed by atoms with Crippen LogP contribution in [-0.4, -0.2) is 35.0 Å². The summed E-state index contributed by atoms with van der Waals surface area (Å²) in [6.07, 6.45) is 9.72. The van der Waals surface area contributed by atoms with Crippen molar-refractivity contribution in [3.8, 4) is 23.8 Å². The van der Waals surface area contributed by atoms with Gasteiger partial charge in [-0.2, -0.15) is 0 Å². The Kier molecular flexibility index (Phi) is 6.39. The summed E-state index contributed by atoms with van der Waals surface area (Å²) in [4.78, 5) is 24.2. The number of hydrogen-bond donors (Lipinski definition) is 2. The summed E-state index contributed by atoms with van der Waals surface area (Å²) in [5.41, 5.74) is 1.61. The van der Waals surface area contributed by atoms with Gasteiger partial charge in [-0.3, -0.25) is 4.79 Å². The molecule has 0 atom stereocenters. The largest absolute Gasteiger partial charge is 0.494 e. The summed E-state index contributed by atoms with van der Waals surface area (Å²) in [7, 11) is 2.81. The van der Waals surface area contributed by atoms with Gasteiger partial charge in [-0.05, 0) is 24.3 Å². The number of nitrogens with one attached hydrogen (secondary N) is 2. The van der Waals surface area contributed by atoms with Crippen LogP contribution < -0.4 is 20.1 Å². The fraction of sp³-hybridized carbons (Fsp3) is 0.143. The minimum Gasteiger partial charge on any atom is -0.494 e. The van der Waals surface area contributed by atoms with Crippen molar-refractivity contribution >= 4 is 17.5 Å². The van der Waals surface area contributed by atoms with E-state index in [1.165, 1.54) is 38.7 Å². The standard InChI is InChI=1S/C21H18FN5O3/c1-4-15-5-6-16(9-24-15)27-21-25-10-17(11-26-21)30-12-14-7-13(20(28)23-2)8-18(29-3)19(14)22/h1,5-11H,12H2,2-3H3,(H,23,28)(H,25,26,27). The van der Waals surface area contributed by atoms with Crippen LogP contribution in [0.4, 0.5) is 16.0 Å². The SMILES string of the molecule is C#Cc1ccc(Nc2ncc(OCc3cc(C(=O)NC)cc(OC)c3F)cn2)cn1. The number of anilines is 2. The predicted octanol–water partition coefficient (Wildman–Crippen LogP) is 2.68. The van der Waals surface area contributed by atoms with Crippen LogP contribution in [0.5, 0.6) is 11.5 Å². The number of nitrogens with zero attached hydrogens (tertiary/aromatic N) is 3. The van der Waals surface area contributed by atoms with Gasteiger partial charge in [0.05, 0.1) is 31.4 Å². The van der Waals surface area contributed by atoms with Gasteiger partial charge in [-0.1, -0.05) is 5.92 Å². The lowest BCUT2D eigenvalue weighted by atomic mass is 10.1. The summed E-state index contributed by atoms with van der Waals surface area (Å²) >= 11 is 0. The Morgan fingerprint density at radius 2 is 1.97 bits per heavy atom. The molecule has 0 aliphatic rings. The minimum absolute atomic E-state index is 0.0463. The van der Waals surface area contributed by atoms with Crippen molar-refractivity contribution in [3.63, 3.8) is 0 Å². The number of rotatable bonds is 7. The number of methoxy groups -OCH3 is 1. The Labute approximate surface area is 172 Å². The second-order valence-corrected chi connectivity index (χ2v) is 5.96. The number of carbonyl (C=O) groups excluding carboxylic acids is 1. The molecule has 0 aliphatic carbocycles. The summed E-state index contributed by atoms with van der Waals surface area (Å²) < 4.78 is 25.0. The minimum atomic E-state index is -0.604. The van der Waals surface area contributed by atoms with Crippen LogP contribution in [0.15, 0.2) is 42.9 Å². The average molecular weight is 407 g/mol. The Bertz CT molecular complexity index is 1080. The number of halogens is 1. The zero-order valence-corrected chi connectivity index (χ0v) is 16.3. The topological polar surface area (TPSA) is 98.3 Å². The predicted molar refractivity (Wildman–Crippen MR) is 108 cm³/mol. The van der Waals surface area contributed by atoms with Gasteiger partial charge in [0.15, 0.2) is 17.3 Å². The van der Waals surface area contributed by atoms with Crippen molar-refractivity contribution in [2.24, 2.45) is 0 Å². The van der Waals surface area contributed by atoms with E-state index in [0.29, 0.717) is 23.1 Å². The number of hydrogen-bond acceptors (Lipinski definition) is 7.